The second-order valence-corrected chi connectivity index (χ2v) is 8.72. The summed E-state index contributed by atoms with van der Waals surface area (Å²) in [5, 5.41) is 7.99. The van der Waals surface area contributed by atoms with Gasteiger partial charge in [-0.05, 0) is 37.6 Å². The van der Waals surface area contributed by atoms with E-state index in [1.54, 1.807) is 25.4 Å². The molecule has 5 rings (SSSR count). The Bertz CT molecular complexity index is 1320. The molecule has 2 aromatic carbocycles. The Balaban J connectivity index is 1.74. The molecule has 3 heterocycles. The van der Waals surface area contributed by atoms with Crippen LogP contribution in [0.2, 0.25) is 0 Å². The Morgan fingerprint density at radius 3 is 2.56 bits per heavy atom. The van der Waals surface area contributed by atoms with Crippen molar-refractivity contribution in [3.05, 3.63) is 60.3 Å². The number of H-pyrrole nitrogens is 1. The molecule has 0 unspecified atom stereocenters. The summed E-state index contributed by atoms with van der Waals surface area (Å²) in [6, 6.07) is 9.82. The molecule has 0 saturated carbocycles. The number of benzene rings is 2. The fraction of sp³-hybridized carbons (Fsp3) is 0.308. The maximum Gasteiger partial charge on any atom is 0.188 e. The van der Waals surface area contributed by atoms with Gasteiger partial charge < -0.3 is 14.4 Å². The summed E-state index contributed by atoms with van der Waals surface area (Å²) in [6.07, 6.45) is 5.50. The molecule has 7 nitrogen and oxygen atoms in total. The minimum absolute atomic E-state index is 0.158. The van der Waals surface area contributed by atoms with Gasteiger partial charge >= 0.3 is 0 Å². The zero-order chi connectivity index (χ0) is 23.8. The molecule has 0 aliphatic carbocycles. The molecule has 0 amide bonds. The Kier molecular flexibility index (Phi) is 5.83. The highest BCUT2D eigenvalue weighted by Crippen LogP contribution is 2.41. The average Bonchev–Trinajstić information content (AvgIpc) is 3.31. The molecule has 1 aliphatic rings. The first-order valence-corrected chi connectivity index (χ1v) is 11.3. The van der Waals surface area contributed by atoms with Gasteiger partial charge in [0, 0.05) is 72.4 Å². The summed E-state index contributed by atoms with van der Waals surface area (Å²) in [6.45, 7) is 6.51. The van der Waals surface area contributed by atoms with Crippen molar-refractivity contribution in [3.63, 3.8) is 0 Å². The van der Waals surface area contributed by atoms with E-state index in [2.05, 4.69) is 35.0 Å². The molecule has 8 heteroatoms. The number of aromatic amines is 1. The van der Waals surface area contributed by atoms with Crippen LogP contribution in [0.15, 0.2) is 48.9 Å². The van der Waals surface area contributed by atoms with E-state index in [1.165, 1.54) is 7.11 Å². The molecule has 1 aliphatic heterocycles. The van der Waals surface area contributed by atoms with Crippen molar-refractivity contribution in [2.75, 3.05) is 32.2 Å². The van der Waals surface area contributed by atoms with E-state index >= 15 is 4.39 Å². The van der Waals surface area contributed by atoms with E-state index in [4.69, 9.17) is 14.5 Å². The maximum absolute atomic E-state index is 15.6. The quantitative estimate of drug-likeness (QED) is 0.444. The Labute approximate surface area is 198 Å². The molecule has 1 N–H and O–H groups in total. The molecule has 0 saturated heterocycles. The standard InChI is InChI=1S/C26H28FN5O2/c1-16(2)31-7-8-32(24-10-19(33-3)11-25(34-4)26(24)27)23-6-5-22-20(21(23)15-31)9-17(12-28-22)18-13-29-30-14-18/h5-6,9-14,16H,7-8,15H2,1-4H3,(H,29,30). The van der Waals surface area contributed by atoms with Crippen molar-refractivity contribution in [1.29, 1.82) is 0 Å². The van der Waals surface area contributed by atoms with Gasteiger partial charge in [0.15, 0.2) is 11.6 Å². The van der Waals surface area contributed by atoms with Gasteiger partial charge in [-0.25, -0.2) is 4.39 Å². The molecule has 0 fully saturated rings. The molecule has 34 heavy (non-hydrogen) atoms. The van der Waals surface area contributed by atoms with Crippen molar-refractivity contribution >= 4 is 22.3 Å². The van der Waals surface area contributed by atoms with Crippen LogP contribution in [-0.2, 0) is 6.54 Å². The van der Waals surface area contributed by atoms with Crippen molar-refractivity contribution in [3.8, 4) is 22.6 Å². The van der Waals surface area contributed by atoms with E-state index < -0.39 is 5.82 Å². The van der Waals surface area contributed by atoms with Crippen LogP contribution in [0.25, 0.3) is 22.0 Å². The summed E-state index contributed by atoms with van der Waals surface area (Å²) in [7, 11) is 3.04. The predicted octanol–water partition coefficient (Wildman–Crippen LogP) is 5.14. The monoisotopic (exact) mass is 461 g/mol. The highest BCUT2D eigenvalue weighted by atomic mass is 19.1. The van der Waals surface area contributed by atoms with Gasteiger partial charge in [0.05, 0.1) is 31.6 Å². The van der Waals surface area contributed by atoms with E-state index in [-0.39, 0.29) is 5.75 Å². The fourth-order valence-corrected chi connectivity index (χ4v) is 4.58. The predicted molar refractivity (Wildman–Crippen MR) is 131 cm³/mol. The number of rotatable bonds is 5. The number of fused-ring (bicyclic) bond motifs is 3. The second kappa shape index (κ2) is 8.95. The molecule has 4 aromatic rings. The summed E-state index contributed by atoms with van der Waals surface area (Å²) in [5.41, 5.74) is 5.36. The summed E-state index contributed by atoms with van der Waals surface area (Å²) < 4.78 is 26.3. The van der Waals surface area contributed by atoms with E-state index in [1.807, 2.05) is 29.4 Å². The van der Waals surface area contributed by atoms with Crippen LogP contribution in [0.5, 0.6) is 11.5 Å². The van der Waals surface area contributed by atoms with Crippen LogP contribution < -0.4 is 14.4 Å². The number of nitrogens with zero attached hydrogens (tertiary/aromatic N) is 4. The fourth-order valence-electron chi connectivity index (χ4n) is 4.58. The Morgan fingerprint density at radius 2 is 1.85 bits per heavy atom. The number of pyridine rings is 1. The zero-order valence-corrected chi connectivity index (χ0v) is 19.8. The lowest BCUT2D eigenvalue weighted by Gasteiger charge is -2.27. The van der Waals surface area contributed by atoms with Crippen LogP contribution in [0.1, 0.15) is 19.4 Å². The average molecular weight is 462 g/mol. The summed E-state index contributed by atoms with van der Waals surface area (Å²) >= 11 is 0. The lowest BCUT2D eigenvalue weighted by atomic mass is 10.0. The van der Waals surface area contributed by atoms with Gasteiger partial charge in [0.2, 0.25) is 0 Å². The molecule has 2 aromatic heterocycles. The third-order valence-corrected chi connectivity index (χ3v) is 6.52. The smallest absolute Gasteiger partial charge is 0.188 e. The van der Waals surface area contributed by atoms with Gasteiger partial charge in [0.25, 0.3) is 0 Å². The molecule has 0 atom stereocenters. The van der Waals surface area contributed by atoms with Crippen LogP contribution in [0, 0.1) is 5.82 Å². The van der Waals surface area contributed by atoms with Gasteiger partial charge in [-0.3, -0.25) is 15.0 Å². The SMILES string of the molecule is COc1cc(OC)c(F)c(N2CCN(C(C)C)Cc3c2ccc2ncc(-c4cn[nH]c4)cc32)c1. The molecule has 0 radical (unpaired) electrons. The first-order chi connectivity index (χ1) is 16.5. The zero-order valence-electron chi connectivity index (χ0n) is 19.8. The number of halogens is 1. The van der Waals surface area contributed by atoms with Crippen molar-refractivity contribution in [2.24, 2.45) is 0 Å². The van der Waals surface area contributed by atoms with Gasteiger partial charge in [-0.15, -0.1) is 0 Å². The van der Waals surface area contributed by atoms with E-state index in [0.29, 0.717) is 24.0 Å². The maximum atomic E-state index is 15.6. The minimum Gasteiger partial charge on any atom is -0.497 e. The topological polar surface area (TPSA) is 66.5 Å². The van der Waals surface area contributed by atoms with E-state index in [0.717, 1.165) is 46.4 Å². The van der Waals surface area contributed by atoms with Crippen molar-refractivity contribution < 1.29 is 13.9 Å². The third kappa shape index (κ3) is 3.84. The number of aromatic nitrogens is 3. The van der Waals surface area contributed by atoms with Crippen LogP contribution in [-0.4, -0.2) is 53.4 Å². The molecule has 0 bridgehead atoms. The van der Waals surface area contributed by atoms with Crippen molar-refractivity contribution in [2.45, 2.75) is 26.4 Å². The first-order valence-electron chi connectivity index (χ1n) is 11.3. The van der Waals surface area contributed by atoms with E-state index in [9.17, 15) is 0 Å². The Hall–Kier alpha value is -3.65. The third-order valence-electron chi connectivity index (χ3n) is 6.52. The largest absolute Gasteiger partial charge is 0.497 e. The second-order valence-electron chi connectivity index (χ2n) is 8.72. The summed E-state index contributed by atoms with van der Waals surface area (Å²) in [5.74, 6) is 0.299. The van der Waals surface area contributed by atoms with Gasteiger partial charge in [-0.2, -0.15) is 5.10 Å². The number of anilines is 2. The Morgan fingerprint density at radius 1 is 1.00 bits per heavy atom. The number of hydrogen-bond acceptors (Lipinski definition) is 6. The molecule has 176 valence electrons. The summed E-state index contributed by atoms with van der Waals surface area (Å²) in [4.78, 5) is 9.15. The number of hydrogen-bond donors (Lipinski definition) is 1. The highest BCUT2D eigenvalue weighted by Gasteiger charge is 2.27. The minimum atomic E-state index is -0.405. The number of nitrogens with one attached hydrogen (secondary N) is 1. The lowest BCUT2D eigenvalue weighted by molar-refractivity contribution is 0.224. The number of methoxy groups -OCH3 is 2. The van der Waals surface area contributed by atoms with Crippen molar-refractivity contribution in [1.82, 2.24) is 20.1 Å². The lowest BCUT2D eigenvalue weighted by Crippen LogP contribution is -2.34. The molecular weight excluding hydrogens is 433 g/mol. The van der Waals surface area contributed by atoms with Crippen LogP contribution in [0.3, 0.4) is 0 Å². The van der Waals surface area contributed by atoms with Crippen LogP contribution in [0.4, 0.5) is 15.8 Å². The molecular formula is C26H28FN5O2. The number of ether oxygens (including phenoxy) is 2. The van der Waals surface area contributed by atoms with Crippen LogP contribution >= 0.6 is 0 Å². The normalized spacial score (nSPS) is 14.4. The highest BCUT2D eigenvalue weighted by molar-refractivity contribution is 5.92. The van der Waals surface area contributed by atoms with Gasteiger partial charge in [0.1, 0.15) is 5.75 Å². The molecule has 0 spiro atoms. The first kappa shape index (κ1) is 22.2. The van der Waals surface area contributed by atoms with Gasteiger partial charge in [-0.1, -0.05) is 0 Å².